The number of rotatable bonds is 7. The maximum Gasteiger partial charge on any atom is 0.190 e. The van der Waals surface area contributed by atoms with Crippen molar-refractivity contribution in [1.82, 2.24) is 0 Å². The highest BCUT2D eigenvalue weighted by molar-refractivity contribution is 5.48. The molecule has 0 aliphatic heterocycles. The van der Waals surface area contributed by atoms with Crippen molar-refractivity contribution in [2.45, 2.75) is 18.9 Å². The second-order valence-electron chi connectivity index (χ2n) is 4.74. The van der Waals surface area contributed by atoms with E-state index in [1.54, 1.807) is 0 Å². The Balaban J connectivity index is 1.98. The molecule has 1 fully saturated rings. The Hall–Kier alpha value is -1.40. The van der Waals surface area contributed by atoms with Crippen LogP contribution in [0, 0.1) is 17.6 Å². The SMILES string of the molecule is OCC(O)CNc1cc(F)c(OCC2CC2)c(F)c1. The van der Waals surface area contributed by atoms with Crippen LogP contribution in [0.1, 0.15) is 12.8 Å². The number of aliphatic hydroxyl groups is 2. The average Bonchev–Trinajstić information content (AvgIpc) is 3.19. The fourth-order valence-electron chi connectivity index (χ4n) is 1.59. The summed E-state index contributed by atoms with van der Waals surface area (Å²) in [6.45, 7) is -0.0674. The van der Waals surface area contributed by atoms with Gasteiger partial charge in [0.1, 0.15) is 0 Å². The molecule has 1 saturated carbocycles. The van der Waals surface area contributed by atoms with Crippen molar-refractivity contribution < 1.29 is 23.7 Å². The number of hydrogen-bond acceptors (Lipinski definition) is 4. The maximum absolute atomic E-state index is 13.7. The van der Waals surface area contributed by atoms with Gasteiger partial charge in [-0.15, -0.1) is 0 Å². The summed E-state index contributed by atoms with van der Waals surface area (Å²) in [6, 6.07) is 2.21. The van der Waals surface area contributed by atoms with E-state index in [0.29, 0.717) is 12.5 Å². The Kier molecular flexibility index (Phi) is 4.55. The van der Waals surface area contributed by atoms with Gasteiger partial charge in [0.25, 0.3) is 0 Å². The zero-order valence-electron chi connectivity index (χ0n) is 10.4. The zero-order valence-corrected chi connectivity index (χ0v) is 10.4. The Morgan fingerprint density at radius 1 is 1.32 bits per heavy atom. The van der Waals surface area contributed by atoms with Crippen LogP contribution in [-0.2, 0) is 0 Å². The molecule has 2 rings (SSSR count). The smallest absolute Gasteiger partial charge is 0.190 e. The minimum absolute atomic E-state index is 0.0116. The van der Waals surface area contributed by atoms with Crippen molar-refractivity contribution in [3.05, 3.63) is 23.8 Å². The molecule has 6 heteroatoms. The van der Waals surface area contributed by atoms with E-state index >= 15 is 0 Å². The van der Waals surface area contributed by atoms with Gasteiger partial charge in [0.05, 0.1) is 19.3 Å². The summed E-state index contributed by atoms with van der Waals surface area (Å²) in [4.78, 5) is 0. The van der Waals surface area contributed by atoms with E-state index in [1.165, 1.54) is 0 Å². The summed E-state index contributed by atoms with van der Waals surface area (Å²) in [5.41, 5.74) is 0.196. The van der Waals surface area contributed by atoms with Gasteiger partial charge in [-0.2, -0.15) is 0 Å². The van der Waals surface area contributed by atoms with Crippen LogP contribution in [-0.4, -0.2) is 36.1 Å². The van der Waals surface area contributed by atoms with Gasteiger partial charge in [0, 0.05) is 24.4 Å². The van der Waals surface area contributed by atoms with Gasteiger partial charge in [-0.3, -0.25) is 0 Å². The lowest BCUT2D eigenvalue weighted by Gasteiger charge is -2.13. The zero-order chi connectivity index (χ0) is 13.8. The summed E-state index contributed by atoms with van der Waals surface area (Å²) in [5.74, 6) is -1.50. The molecular formula is C13H17F2NO3. The van der Waals surface area contributed by atoms with Gasteiger partial charge in [0.15, 0.2) is 17.4 Å². The van der Waals surface area contributed by atoms with Crippen LogP contribution in [0.2, 0.25) is 0 Å². The molecule has 1 aromatic rings. The minimum Gasteiger partial charge on any atom is -0.487 e. The van der Waals surface area contributed by atoms with Gasteiger partial charge >= 0.3 is 0 Å². The highest BCUT2D eigenvalue weighted by Gasteiger charge is 2.23. The molecule has 0 bridgehead atoms. The number of anilines is 1. The Morgan fingerprint density at radius 3 is 2.47 bits per heavy atom. The van der Waals surface area contributed by atoms with Gasteiger partial charge in [0.2, 0.25) is 0 Å². The standard InChI is InChI=1S/C13H17F2NO3/c14-11-3-9(16-5-10(18)6-17)4-12(15)13(11)19-7-8-1-2-8/h3-4,8,10,16-18H,1-2,5-7H2. The summed E-state index contributed by atoms with van der Waals surface area (Å²) >= 11 is 0. The van der Waals surface area contributed by atoms with E-state index in [2.05, 4.69) is 5.32 Å². The Labute approximate surface area is 110 Å². The lowest BCUT2D eigenvalue weighted by Crippen LogP contribution is -2.23. The van der Waals surface area contributed by atoms with Crippen molar-refractivity contribution in [3.8, 4) is 5.75 Å². The largest absolute Gasteiger partial charge is 0.487 e. The van der Waals surface area contributed by atoms with Crippen molar-refractivity contribution in [2.75, 3.05) is 25.1 Å². The molecule has 0 heterocycles. The number of ether oxygens (including phenoxy) is 1. The molecule has 1 unspecified atom stereocenters. The molecule has 0 saturated heterocycles. The van der Waals surface area contributed by atoms with Crippen molar-refractivity contribution in [1.29, 1.82) is 0 Å². The first-order valence-corrected chi connectivity index (χ1v) is 6.24. The molecule has 1 aromatic carbocycles. The highest BCUT2D eigenvalue weighted by atomic mass is 19.1. The van der Waals surface area contributed by atoms with Gasteiger partial charge in [-0.1, -0.05) is 0 Å². The van der Waals surface area contributed by atoms with E-state index in [9.17, 15) is 8.78 Å². The van der Waals surface area contributed by atoms with E-state index < -0.39 is 24.3 Å². The molecule has 0 radical (unpaired) electrons. The molecule has 0 spiro atoms. The van der Waals surface area contributed by atoms with Crippen LogP contribution in [0.3, 0.4) is 0 Å². The molecule has 19 heavy (non-hydrogen) atoms. The van der Waals surface area contributed by atoms with Crippen molar-refractivity contribution in [3.63, 3.8) is 0 Å². The van der Waals surface area contributed by atoms with E-state index in [4.69, 9.17) is 14.9 Å². The van der Waals surface area contributed by atoms with E-state index in [-0.39, 0.29) is 18.0 Å². The number of halogens is 2. The summed E-state index contributed by atoms with van der Waals surface area (Å²) in [5, 5.41) is 20.4. The highest BCUT2D eigenvalue weighted by Crippen LogP contribution is 2.32. The van der Waals surface area contributed by atoms with E-state index in [1.807, 2.05) is 0 Å². The van der Waals surface area contributed by atoms with Crippen LogP contribution in [0.5, 0.6) is 5.75 Å². The van der Waals surface area contributed by atoms with Crippen LogP contribution >= 0.6 is 0 Å². The summed E-state index contributed by atoms with van der Waals surface area (Å²) < 4.78 is 32.5. The molecule has 1 aliphatic rings. The minimum atomic E-state index is -0.975. The Bertz CT molecular complexity index is 415. The van der Waals surface area contributed by atoms with Crippen LogP contribution < -0.4 is 10.1 Å². The number of nitrogens with one attached hydrogen (secondary N) is 1. The summed E-state index contributed by atoms with van der Waals surface area (Å²) in [7, 11) is 0. The van der Waals surface area contributed by atoms with Gasteiger partial charge in [-0.25, -0.2) is 8.78 Å². The predicted octanol–water partition coefficient (Wildman–Crippen LogP) is 1.52. The van der Waals surface area contributed by atoms with Gasteiger partial charge in [-0.05, 0) is 18.8 Å². The fraction of sp³-hybridized carbons (Fsp3) is 0.538. The first-order chi connectivity index (χ1) is 9.10. The normalized spacial score (nSPS) is 16.2. The topological polar surface area (TPSA) is 61.7 Å². The number of benzene rings is 1. The first kappa shape index (κ1) is 14.0. The summed E-state index contributed by atoms with van der Waals surface area (Å²) in [6.07, 6.45) is 1.11. The quantitative estimate of drug-likeness (QED) is 0.705. The molecule has 4 nitrogen and oxygen atoms in total. The second kappa shape index (κ2) is 6.16. The number of aliphatic hydroxyl groups excluding tert-OH is 2. The monoisotopic (exact) mass is 273 g/mol. The molecular weight excluding hydrogens is 256 g/mol. The predicted molar refractivity (Wildman–Crippen MR) is 66.2 cm³/mol. The second-order valence-corrected chi connectivity index (χ2v) is 4.74. The first-order valence-electron chi connectivity index (χ1n) is 6.24. The van der Waals surface area contributed by atoms with Crippen molar-refractivity contribution in [2.24, 2.45) is 5.92 Å². The van der Waals surface area contributed by atoms with Crippen LogP contribution in [0.4, 0.5) is 14.5 Å². The third-order valence-electron chi connectivity index (χ3n) is 2.91. The lowest BCUT2D eigenvalue weighted by molar-refractivity contribution is 0.105. The molecule has 0 aromatic heterocycles. The van der Waals surface area contributed by atoms with Crippen LogP contribution in [0.15, 0.2) is 12.1 Å². The van der Waals surface area contributed by atoms with Crippen molar-refractivity contribution >= 4 is 5.69 Å². The molecule has 1 aliphatic carbocycles. The fourth-order valence-corrected chi connectivity index (χ4v) is 1.59. The third kappa shape index (κ3) is 4.04. The molecule has 0 amide bonds. The molecule has 106 valence electrons. The molecule has 1 atom stereocenters. The Morgan fingerprint density at radius 2 is 1.95 bits per heavy atom. The number of hydrogen-bond donors (Lipinski definition) is 3. The maximum atomic E-state index is 13.7. The van der Waals surface area contributed by atoms with E-state index in [0.717, 1.165) is 25.0 Å². The molecule has 3 N–H and O–H groups in total. The lowest BCUT2D eigenvalue weighted by atomic mass is 10.2. The average molecular weight is 273 g/mol. The van der Waals surface area contributed by atoms with Gasteiger partial charge < -0.3 is 20.3 Å². The van der Waals surface area contributed by atoms with Crippen LogP contribution in [0.25, 0.3) is 0 Å². The third-order valence-corrected chi connectivity index (χ3v) is 2.91.